The lowest BCUT2D eigenvalue weighted by Gasteiger charge is -2.21. The first-order chi connectivity index (χ1) is 11.9. The number of nitrogens with one attached hydrogen (secondary N) is 2. The molecule has 0 atom stereocenters. The van der Waals surface area contributed by atoms with Crippen molar-refractivity contribution in [2.24, 2.45) is 10.9 Å². The lowest BCUT2D eigenvalue weighted by molar-refractivity contribution is 0.0205. The molecule has 0 saturated carbocycles. The van der Waals surface area contributed by atoms with E-state index in [1.807, 2.05) is 6.92 Å². The van der Waals surface area contributed by atoms with Crippen LogP contribution < -0.4 is 10.6 Å². The van der Waals surface area contributed by atoms with Gasteiger partial charge in [0, 0.05) is 59.3 Å². The van der Waals surface area contributed by atoms with Gasteiger partial charge in [-0.25, -0.2) is 0 Å². The SMILES string of the molecule is CCNC(=NCCCOCC1CCOCC1)NCCCCOCC.I. The Kier molecular flexibility index (Phi) is 18.6. The maximum Gasteiger partial charge on any atom is 0.191 e. The summed E-state index contributed by atoms with van der Waals surface area (Å²) < 4.78 is 16.5. The first kappa shape index (κ1) is 24.9. The molecule has 0 unspecified atom stereocenters. The average Bonchev–Trinajstić information content (AvgIpc) is 2.61. The summed E-state index contributed by atoms with van der Waals surface area (Å²) in [7, 11) is 0. The van der Waals surface area contributed by atoms with Crippen molar-refractivity contribution >= 4 is 29.9 Å². The second-order valence-electron chi connectivity index (χ2n) is 6.08. The van der Waals surface area contributed by atoms with Crippen molar-refractivity contribution < 1.29 is 14.2 Å². The van der Waals surface area contributed by atoms with Gasteiger partial charge in [0.1, 0.15) is 0 Å². The molecule has 1 aliphatic heterocycles. The predicted octanol–water partition coefficient (Wildman–Crippen LogP) is 2.81. The zero-order valence-electron chi connectivity index (χ0n) is 16.1. The molecule has 0 radical (unpaired) electrons. The molecule has 1 heterocycles. The summed E-state index contributed by atoms with van der Waals surface area (Å²) in [5, 5.41) is 6.65. The molecular weight excluding hydrogens is 433 g/mol. The summed E-state index contributed by atoms with van der Waals surface area (Å²) in [4.78, 5) is 4.59. The first-order valence-electron chi connectivity index (χ1n) is 9.62. The highest BCUT2D eigenvalue weighted by molar-refractivity contribution is 14.0. The Morgan fingerprint density at radius 2 is 1.80 bits per heavy atom. The Hall–Kier alpha value is -0.120. The van der Waals surface area contributed by atoms with Gasteiger partial charge < -0.3 is 24.8 Å². The molecule has 1 fully saturated rings. The van der Waals surface area contributed by atoms with Crippen LogP contribution in [0.4, 0.5) is 0 Å². The number of guanidine groups is 1. The van der Waals surface area contributed by atoms with E-state index in [4.69, 9.17) is 14.2 Å². The number of hydrogen-bond acceptors (Lipinski definition) is 4. The van der Waals surface area contributed by atoms with E-state index in [2.05, 4.69) is 22.5 Å². The van der Waals surface area contributed by atoms with Crippen LogP contribution in [0.25, 0.3) is 0 Å². The number of rotatable bonds is 13. The van der Waals surface area contributed by atoms with E-state index in [9.17, 15) is 0 Å². The molecule has 2 N–H and O–H groups in total. The minimum Gasteiger partial charge on any atom is -0.382 e. The van der Waals surface area contributed by atoms with E-state index in [0.717, 1.165) is 97.3 Å². The zero-order valence-corrected chi connectivity index (χ0v) is 18.4. The molecular formula is C18H38IN3O3. The monoisotopic (exact) mass is 471 g/mol. The van der Waals surface area contributed by atoms with Crippen molar-refractivity contribution in [2.45, 2.75) is 46.0 Å². The van der Waals surface area contributed by atoms with Gasteiger partial charge in [-0.2, -0.15) is 0 Å². The van der Waals surface area contributed by atoms with Crippen LogP contribution in [-0.2, 0) is 14.2 Å². The van der Waals surface area contributed by atoms with Crippen LogP contribution in [0, 0.1) is 5.92 Å². The van der Waals surface area contributed by atoms with Gasteiger partial charge in [0.25, 0.3) is 0 Å². The van der Waals surface area contributed by atoms with Crippen molar-refractivity contribution in [1.29, 1.82) is 0 Å². The molecule has 150 valence electrons. The van der Waals surface area contributed by atoms with Gasteiger partial charge in [-0.1, -0.05) is 0 Å². The van der Waals surface area contributed by atoms with Crippen molar-refractivity contribution in [3.05, 3.63) is 0 Å². The topological polar surface area (TPSA) is 64.1 Å². The molecule has 1 aliphatic rings. The Morgan fingerprint density at radius 3 is 2.52 bits per heavy atom. The second kappa shape index (κ2) is 18.7. The summed E-state index contributed by atoms with van der Waals surface area (Å²) in [6.07, 6.45) is 5.41. The largest absolute Gasteiger partial charge is 0.382 e. The Morgan fingerprint density at radius 1 is 1.04 bits per heavy atom. The van der Waals surface area contributed by atoms with E-state index >= 15 is 0 Å². The van der Waals surface area contributed by atoms with Gasteiger partial charge in [0.15, 0.2) is 5.96 Å². The van der Waals surface area contributed by atoms with Gasteiger partial charge in [-0.15, -0.1) is 24.0 Å². The summed E-state index contributed by atoms with van der Waals surface area (Å²) >= 11 is 0. The molecule has 0 aromatic carbocycles. The quantitative estimate of drug-likeness (QED) is 0.187. The van der Waals surface area contributed by atoms with Crippen LogP contribution in [-0.4, -0.2) is 65.2 Å². The molecule has 0 bridgehead atoms. The first-order valence-corrected chi connectivity index (χ1v) is 9.62. The fraction of sp³-hybridized carbons (Fsp3) is 0.944. The van der Waals surface area contributed by atoms with E-state index in [0.29, 0.717) is 5.92 Å². The highest BCUT2D eigenvalue weighted by Crippen LogP contribution is 2.14. The third-order valence-electron chi connectivity index (χ3n) is 3.97. The molecule has 1 saturated heterocycles. The fourth-order valence-corrected chi connectivity index (χ4v) is 2.54. The van der Waals surface area contributed by atoms with Crippen LogP contribution in [0.3, 0.4) is 0 Å². The number of aliphatic imine (C=N–C) groups is 1. The van der Waals surface area contributed by atoms with Gasteiger partial charge in [-0.3, -0.25) is 4.99 Å². The number of hydrogen-bond donors (Lipinski definition) is 2. The van der Waals surface area contributed by atoms with Crippen LogP contribution in [0.15, 0.2) is 4.99 Å². The van der Waals surface area contributed by atoms with Crippen molar-refractivity contribution in [3.8, 4) is 0 Å². The molecule has 0 aliphatic carbocycles. The van der Waals surface area contributed by atoms with Crippen molar-refractivity contribution in [1.82, 2.24) is 10.6 Å². The Balaban J connectivity index is 0.00000576. The van der Waals surface area contributed by atoms with Crippen molar-refractivity contribution in [2.75, 3.05) is 59.3 Å². The molecule has 0 spiro atoms. The highest BCUT2D eigenvalue weighted by Gasteiger charge is 2.13. The molecule has 7 heteroatoms. The van der Waals surface area contributed by atoms with Crippen LogP contribution in [0.2, 0.25) is 0 Å². The minimum atomic E-state index is 0. The van der Waals surface area contributed by atoms with Gasteiger partial charge in [0.2, 0.25) is 0 Å². The van der Waals surface area contributed by atoms with Gasteiger partial charge in [0.05, 0.1) is 0 Å². The standard InChI is InChI=1S/C18H37N3O3.HI/c1-3-19-18(20-10-5-6-12-22-4-2)21-11-7-13-24-16-17-8-14-23-15-9-17;/h17H,3-16H2,1-2H3,(H2,19,20,21);1H. The molecule has 25 heavy (non-hydrogen) atoms. The van der Waals surface area contributed by atoms with Crippen LogP contribution >= 0.6 is 24.0 Å². The lowest BCUT2D eigenvalue weighted by Crippen LogP contribution is -2.38. The lowest BCUT2D eigenvalue weighted by atomic mass is 10.0. The smallest absolute Gasteiger partial charge is 0.191 e. The molecule has 0 aromatic rings. The average molecular weight is 471 g/mol. The number of nitrogens with zero attached hydrogens (tertiary/aromatic N) is 1. The van der Waals surface area contributed by atoms with E-state index in [-0.39, 0.29) is 24.0 Å². The van der Waals surface area contributed by atoms with Gasteiger partial charge in [-0.05, 0) is 51.9 Å². The normalized spacial score (nSPS) is 15.7. The molecule has 0 amide bonds. The van der Waals surface area contributed by atoms with Gasteiger partial charge >= 0.3 is 0 Å². The fourth-order valence-electron chi connectivity index (χ4n) is 2.54. The zero-order chi connectivity index (χ0) is 17.3. The maximum atomic E-state index is 5.77. The predicted molar refractivity (Wildman–Crippen MR) is 114 cm³/mol. The maximum absolute atomic E-state index is 5.77. The van der Waals surface area contributed by atoms with E-state index < -0.39 is 0 Å². The molecule has 0 aromatic heterocycles. The van der Waals surface area contributed by atoms with Crippen molar-refractivity contribution in [3.63, 3.8) is 0 Å². The van der Waals surface area contributed by atoms with Crippen LogP contribution in [0.5, 0.6) is 0 Å². The molecule has 1 rings (SSSR count). The third-order valence-corrected chi connectivity index (χ3v) is 3.97. The minimum absolute atomic E-state index is 0. The molecule has 6 nitrogen and oxygen atoms in total. The number of halogens is 1. The summed E-state index contributed by atoms with van der Waals surface area (Å²) in [6, 6.07) is 0. The van der Waals surface area contributed by atoms with Crippen LogP contribution in [0.1, 0.15) is 46.0 Å². The Labute approximate surface area is 170 Å². The summed E-state index contributed by atoms with van der Waals surface area (Å²) in [6.45, 7) is 11.8. The van der Waals surface area contributed by atoms with E-state index in [1.165, 1.54) is 0 Å². The van der Waals surface area contributed by atoms with E-state index in [1.54, 1.807) is 0 Å². The second-order valence-corrected chi connectivity index (χ2v) is 6.08. The number of unbranched alkanes of at least 4 members (excludes halogenated alkanes) is 1. The number of ether oxygens (including phenoxy) is 3. The third kappa shape index (κ3) is 14.7. The highest BCUT2D eigenvalue weighted by atomic mass is 127. The Bertz CT molecular complexity index is 314. The summed E-state index contributed by atoms with van der Waals surface area (Å²) in [5.74, 6) is 1.58. The summed E-state index contributed by atoms with van der Waals surface area (Å²) in [5.41, 5.74) is 0.